The van der Waals surface area contributed by atoms with Crippen molar-refractivity contribution >= 4 is 22.2 Å². The van der Waals surface area contributed by atoms with Crippen molar-refractivity contribution < 1.29 is 18.7 Å². The number of hydrogen-bond donors (Lipinski definition) is 0. The molecule has 1 aliphatic rings. The van der Waals surface area contributed by atoms with E-state index in [0.717, 1.165) is 0 Å². The van der Waals surface area contributed by atoms with Gasteiger partial charge in [0.05, 0.1) is 14.2 Å². The maximum absolute atomic E-state index is 12.4. The number of rotatable bonds is 4. The third-order valence-electron chi connectivity index (χ3n) is 2.53. The standard InChI is InChI=1S/C14H24O4Si2/c1-16-11-12(15)14(13(11)17-2,18-20(6,7)8)9-10-19(3,4)5/h1-8H3. The van der Waals surface area contributed by atoms with Gasteiger partial charge in [0, 0.05) is 0 Å². The average molecular weight is 313 g/mol. The van der Waals surface area contributed by atoms with Crippen LogP contribution in [0.3, 0.4) is 0 Å². The average Bonchev–Trinajstić information content (AvgIpc) is 2.27. The van der Waals surface area contributed by atoms with E-state index >= 15 is 0 Å². The highest BCUT2D eigenvalue weighted by Crippen LogP contribution is 2.41. The van der Waals surface area contributed by atoms with Gasteiger partial charge >= 0.3 is 0 Å². The lowest BCUT2D eigenvalue weighted by Crippen LogP contribution is -2.57. The van der Waals surface area contributed by atoms with E-state index in [9.17, 15) is 4.79 Å². The van der Waals surface area contributed by atoms with Crippen LogP contribution in [0.5, 0.6) is 0 Å². The van der Waals surface area contributed by atoms with Gasteiger partial charge in [-0.05, 0) is 19.6 Å². The summed E-state index contributed by atoms with van der Waals surface area (Å²) < 4.78 is 16.5. The number of hydrogen-bond acceptors (Lipinski definition) is 4. The monoisotopic (exact) mass is 312 g/mol. The normalized spacial score (nSPS) is 22.9. The Hall–Kier alpha value is -1.04. The summed E-state index contributed by atoms with van der Waals surface area (Å²) in [6.45, 7) is 12.4. The lowest BCUT2D eigenvalue weighted by molar-refractivity contribution is -0.137. The van der Waals surface area contributed by atoms with Crippen LogP contribution >= 0.6 is 0 Å². The first-order valence-electron chi connectivity index (χ1n) is 6.59. The van der Waals surface area contributed by atoms with E-state index in [-0.39, 0.29) is 11.5 Å². The van der Waals surface area contributed by atoms with E-state index < -0.39 is 22.0 Å². The van der Waals surface area contributed by atoms with Crippen molar-refractivity contribution in [1.82, 2.24) is 0 Å². The van der Waals surface area contributed by atoms with E-state index in [0.29, 0.717) is 5.76 Å². The van der Waals surface area contributed by atoms with Gasteiger partial charge in [0.2, 0.25) is 11.4 Å². The second-order valence-corrected chi connectivity index (χ2v) is 16.0. The highest BCUT2D eigenvalue weighted by atomic mass is 28.4. The molecule has 0 saturated heterocycles. The lowest BCUT2D eigenvalue weighted by Gasteiger charge is -2.41. The largest absolute Gasteiger partial charge is 0.493 e. The molecular formula is C14H24O4Si2. The summed E-state index contributed by atoms with van der Waals surface area (Å²) >= 11 is 0. The molecule has 1 atom stereocenters. The fourth-order valence-electron chi connectivity index (χ4n) is 1.85. The van der Waals surface area contributed by atoms with Crippen molar-refractivity contribution in [2.24, 2.45) is 0 Å². The molecule has 6 heteroatoms. The molecule has 0 saturated carbocycles. The van der Waals surface area contributed by atoms with Crippen LogP contribution in [0.1, 0.15) is 0 Å². The lowest BCUT2D eigenvalue weighted by atomic mass is 9.84. The summed E-state index contributed by atoms with van der Waals surface area (Å²) in [4.78, 5) is 12.4. The van der Waals surface area contributed by atoms with Gasteiger partial charge in [0.1, 0.15) is 8.07 Å². The smallest absolute Gasteiger partial charge is 0.252 e. The van der Waals surface area contributed by atoms with Crippen molar-refractivity contribution in [1.29, 1.82) is 0 Å². The quantitative estimate of drug-likeness (QED) is 0.591. The van der Waals surface area contributed by atoms with Crippen LogP contribution in [-0.4, -0.2) is 42.0 Å². The van der Waals surface area contributed by atoms with Gasteiger partial charge < -0.3 is 13.9 Å². The number of carbonyl (C=O) groups excluding carboxylic acids is 1. The number of ether oxygens (including phenoxy) is 2. The molecule has 0 aromatic heterocycles. The topological polar surface area (TPSA) is 44.8 Å². The summed E-state index contributed by atoms with van der Waals surface area (Å²) in [5.41, 5.74) is 1.96. The number of Topliss-reactive ketones (excluding diaryl/α,β-unsaturated/α-hetero) is 1. The molecule has 0 N–H and O–H groups in total. The molecule has 1 rings (SSSR count). The third kappa shape index (κ3) is 3.34. The molecule has 0 aromatic carbocycles. The van der Waals surface area contributed by atoms with Crippen molar-refractivity contribution in [3.05, 3.63) is 11.5 Å². The molecule has 0 fully saturated rings. The molecule has 0 heterocycles. The van der Waals surface area contributed by atoms with Crippen molar-refractivity contribution in [3.8, 4) is 11.5 Å². The Morgan fingerprint density at radius 2 is 1.55 bits per heavy atom. The summed E-state index contributed by atoms with van der Waals surface area (Å²) in [6.07, 6.45) is 0. The van der Waals surface area contributed by atoms with Gasteiger partial charge in [0.15, 0.2) is 14.1 Å². The van der Waals surface area contributed by atoms with E-state index in [1.165, 1.54) is 14.2 Å². The Labute approximate surface area is 123 Å². The predicted octanol–water partition coefficient (Wildman–Crippen LogP) is 2.54. The Balaban J connectivity index is 3.35. The van der Waals surface area contributed by atoms with Gasteiger partial charge in [-0.3, -0.25) is 4.79 Å². The first kappa shape index (κ1) is 17.0. The van der Waals surface area contributed by atoms with Crippen LogP contribution < -0.4 is 0 Å². The summed E-state index contributed by atoms with van der Waals surface area (Å²) in [5, 5.41) is 0. The molecule has 0 radical (unpaired) electrons. The molecule has 4 nitrogen and oxygen atoms in total. The molecule has 0 spiro atoms. The van der Waals surface area contributed by atoms with Crippen LogP contribution in [-0.2, 0) is 18.7 Å². The second kappa shape index (κ2) is 5.39. The second-order valence-electron chi connectivity index (χ2n) is 6.79. The van der Waals surface area contributed by atoms with Crippen LogP contribution in [0.2, 0.25) is 39.3 Å². The molecule has 0 aliphatic heterocycles. The van der Waals surface area contributed by atoms with Crippen LogP contribution in [0.25, 0.3) is 0 Å². The van der Waals surface area contributed by atoms with Crippen LogP contribution in [0, 0.1) is 11.5 Å². The summed E-state index contributed by atoms with van der Waals surface area (Å²) in [5.74, 6) is 3.44. The van der Waals surface area contributed by atoms with Gasteiger partial charge in [-0.15, -0.1) is 5.54 Å². The van der Waals surface area contributed by atoms with E-state index in [1.807, 2.05) is 19.6 Å². The van der Waals surface area contributed by atoms with E-state index in [1.54, 1.807) is 0 Å². The molecule has 1 aliphatic carbocycles. The molecule has 112 valence electrons. The van der Waals surface area contributed by atoms with Crippen molar-refractivity contribution in [2.45, 2.75) is 44.9 Å². The minimum absolute atomic E-state index is 0.218. The fourth-order valence-corrected chi connectivity index (χ4v) is 3.56. The highest BCUT2D eigenvalue weighted by molar-refractivity contribution is 6.84. The highest BCUT2D eigenvalue weighted by Gasteiger charge is 2.59. The molecule has 0 amide bonds. The maximum atomic E-state index is 12.4. The Kier molecular flexibility index (Phi) is 4.59. The zero-order valence-electron chi connectivity index (χ0n) is 13.6. The number of carbonyl (C=O) groups is 1. The molecule has 20 heavy (non-hydrogen) atoms. The Morgan fingerprint density at radius 1 is 1.00 bits per heavy atom. The minimum atomic E-state index is -1.98. The number of methoxy groups -OCH3 is 2. The van der Waals surface area contributed by atoms with Crippen molar-refractivity contribution in [2.75, 3.05) is 14.2 Å². The predicted molar refractivity (Wildman–Crippen MR) is 84.3 cm³/mol. The van der Waals surface area contributed by atoms with Gasteiger partial charge in [-0.1, -0.05) is 25.6 Å². The fraction of sp³-hybridized carbons (Fsp3) is 0.643. The molecule has 0 aromatic rings. The maximum Gasteiger partial charge on any atom is 0.252 e. The summed E-state index contributed by atoms with van der Waals surface area (Å²) in [7, 11) is -0.636. The molecule has 1 unspecified atom stereocenters. The SMILES string of the molecule is COC1=C(OC)C(C#C[Si](C)(C)C)(O[Si](C)(C)C)C1=O. The van der Waals surface area contributed by atoms with Crippen LogP contribution in [0.4, 0.5) is 0 Å². The Bertz CT molecular complexity index is 500. The zero-order valence-corrected chi connectivity index (χ0v) is 15.6. The minimum Gasteiger partial charge on any atom is -0.493 e. The zero-order chi connectivity index (χ0) is 15.8. The molecule has 0 bridgehead atoms. The van der Waals surface area contributed by atoms with Gasteiger partial charge in [-0.2, -0.15) is 0 Å². The third-order valence-corrected chi connectivity index (χ3v) is 4.33. The van der Waals surface area contributed by atoms with Gasteiger partial charge in [0.25, 0.3) is 5.78 Å². The van der Waals surface area contributed by atoms with E-state index in [2.05, 4.69) is 31.1 Å². The van der Waals surface area contributed by atoms with Crippen molar-refractivity contribution in [3.63, 3.8) is 0 Å². The first-order chi connectivity index (χ1) is 8.97. The van der Waals surface area contributed by atoms with Crippen LogP contribution in [0.15, 0.2) is 11.5 Å². The summed E-state index contributed by atoms with van der Waals surface area (Å²) in [6, 6.07) is 0. The Morgan fingerprint density at radius 3 is 1.90 bits per heavy atom. The molecular weight excluding hydrogens is 288 g/mol. The first-order valence-corrected chi connectivity index (χ1v) is 13.5. The van der Waals surface area contributed by atoms with E-state index in [4.69, 9.17) is 13.9 Å². The van der Waals surface area contributed by atoms with Gasteiger partial charge in [-0.25, -0.2) is 0 Å². The number of ketones is 1.